The van der Waals surface area contributed by atoms with E-state index in [1.165, 1.54) is 29.4 Å². The first-order valence-corrected chi connectivity index (χ1v) is 12.2. The van der Waals surface area contributed by atoms with Crippen LogP contribution in [0.3, 0.4) is 0 Å². The number of aromatic nitrogens is 1. The maximum absolute atomic E-state index is 13.1. The molecule has 8 nitrogen and oxygen atoms in total. The van der Waals surface area contributed by atoms with Crippen molar-refractivity contribution in [2.75, 3.05) is 17.7 Å². The standard InChI is InChI=1S/C24H20N4O4S2/c1-2-31-23(30)20-19(17-9-6-11-32-17)16(13-25)22(28-21(20)15-7-4-3-5-8-15)34-14-18(29)27-24-26-10-12-33-24/h3-12,19,28H,2,14H2,1H3,(H,26,27,29)/t19-/m1/s1. The molecule has 0 unspecified atom stereocenters. The predicted octanol–water partition coefficient (Wildman–Crippen LogP) is 4.50. The summed E-state index contributed by atoms with van der Waals surface area (Å²) in [6.45, 7) is 1.90. The van der Waals surface area contributed by atoms with Gasteiger partial charge in [-0.05, 0) is 24.6 Å². The fraction of sp³-hybridized carbons (Fsp3) is 0.167. The predicted molar refractivity (Wildman–Crippen MR) is 130 cm³/mol. The molecule has 10 heteroatoms. The first kappa shape index (κ1) is 23.4. The number of hydrogen-bond acceptors (Lipinski definition) is 9. The Bertz CT molecular complexity index is 1260. The lowest BCUT2D eigenvalue weighted by Gasteiger charge is -2.29. The van der Waals surface area contributed by atoms with Crippen LogP contribution in [0.15, 0.2) is 80.9 Å². The van der Waals surface area contributed by atoms with Gasteiger partial charge >= 0.3 is 5.97 Å². The Kier molecular flexibility index (Phi) is 7.47. The molecule has 34 heavy (non-hydrogen) atoms. The monoisotopic (exact) mass is 492 g/mol. The molecule has 0 radical (unpaired) electrons. The van der Waals surface area contributed by atoms with Gasteiger partial charge in [0.2, 0.25) is 5.91 Å². The van der Waals surface area contributed by atoms with Gasteiger partial charge in [0.25, 0.3) is 0 Å². The molecule has 0 aliphatic carbocycles. The van der Waals surface area contributed by atoms with Gasteiger partial charge in [-0.15, -0.1) is 11.3 Å². The lowest BCUT2D eigenvalue weighted by Crippen LogP contribution is -2.29. The molecule has 1 aliphatic rings. The van der Waals surface area contributed by atoms with E-state index in [4.69, 9.17) is 9.15 Å². The van der Waals surface area contributed by atoms with Gasteiger partial charge in [-0.1, -0.05) is 42.1 Å². The van der Waals surface area contributed by atoms with Crippen molar-refractivity contribution in [2.24, 2.45) is 0 Å². The van der Waals surface area contributed by atoms with Gasteiger partial charge < -0.3 is 19.8 Å². The van der Waals surface area contributed by atoms with Crippen LogP contribution in [-0.4, -0.2) is 29.2 Å². The molecular formula is C24H20N4O4S2. The number of allylic oxidation sites excluding steroid dienone is 1. The zero-order chi connectivity index (χ0) is 23.9. The number of thioether (sulfide) groups is 1. The second kappa shape index (κ2) is 10.9. The number of thiazole rings is 1. The molecule has 1 atom stereocenters. The zero-order valence-corrected chi connectivity index (χ0v) is 19.7. The fourth-order valence-corrected chi connectivity index (χ4v) is 4.86. The number of rotatable bonds is 8. The third kappa shape index (κ3) is 5.06. The summed E-state index contributed by atoms with van der Waals surface area (Å²) >= 11 is 2.49. The second-order valence-electron chi connectivity index (χ2n) is 6.98. The van der Waals surface area contributed by atoms with Crippen LogP contribution in [0.2, 0.25) is 0 Å². The number of ether oxygens (including phenoxy) is 1. The van der Waals surface area contributed by atoms with Crippen LogP contribution < -0.4 is 10.6 Å². The van der Waals surface area contributed by atoms with Crippen molar-refractivity contribution in [1.82, 2.24) is 10.3 Å². The summed E-state index contributed by atoms with van der Waals surface area (Å²) < 4.78 is 11.0. The van der Waals surface area contributed by atoms with E-state index in [2.05, 4.69) is 21.7 Å². The van der Waals surface area contributed by atoms with E-state index in [1.54, 1.807) is 30.6 Å². The Morgan fingerprint density at radius 2 is 2.12 bits per heavy atom. The fourth-order valence-electron chi connectivity index (χ4n) is 3.48. The normalized spacial score (nSPS) is 15.5. The van der Waals surface area contributed by atoms with Crippen molar-refractivity contribution in [3.8, 4) is 6.07 Å². The summed E-state index contributed by atoms with van der Waals surface area (Å²) in [5, 5.41) is 18.8. The molecule has 1 amide bonds. The third-order valence-corrected chi connectivity index (χ3v) is 6.57. The number of carbonyl (C=O) groups is 2. The van der Waals surface area contributed by atoms with E-state index >= 15 is 0 Å². The molecule has 172 valence electrons. The summed E-state index contributed by atoms with van der Waals surface area (Å²) in [5.41, 5.74) is 1.78. The molecule has 4 rings (SSSR count). The summed E-state index contributed by atoms with van der Waals surface area (Å²) in [6, 6.07) is 14.9. The average molecular weight is 493 g/mol. The maximum atomic E-state index is 13.1. The molecule has 0 spiro atoms. The Hall–Kier alpha value is -3.81. The van der Waals surface area contributed by atoms with Gasteiger partial charge in [0.1, 0.15) is 5.76 Å². The van der Waals surface area contributed by atoms with Gasteiger partial charge in [0.15, 0.2) is 5.13 Å². The molecule has 0 saturated carbocycles. The quantitative estimate of drug-likeness (QED) is 0.441. The molecule has 3 aromatic rings. The van der Waals surface area contributed by atoms with Crippen LogP contribution in [-0.2, 0) is 14.3 Å². The van der Waals surface area contributed by atoms with Gasteiger partial charge in [-0.3, -0.25) is 4.79 Å². The van der Waals surface area contributed by atoms with Gasteiger partial charge in [0, 0.05) is 11.6 Å². The zero-order valence-electron chi connectivity index (χ0n) is 18.1. The lowest BCUT2D eigenvalue weighted by atomic mass is 9.84. The van der Waals surface area contributed by atoms with Gasteiger partial charge in [-0.25, -0.2) is 9.78 Å². The van der Waals surface area contributed by atoms with Gasteiger partial charge in [0.05, 0.1) is 52.5 Å². The Morgan fingerprint density at radius 3 is 2.76 bits per heavy atom. The highest BCUT2D eigenvalue weighted by atomic mass is 32.2. The highest BCUT2D eigenvalue weighted by Gasteiger charge is 2.38. The first-order chi connectivity index (χ1) is 16.6. The summed E-state index contributed by atoms with van der Waals surface area (Å²) in [7, 11) is 0. The summed E-state index contributed by atoms with van der Waals surface area (Å²) in [5.74, 6) is -1.13. The number of nitrogens with one attached hydrogen (secondary N) is 2. The molecule has 0 bridgehead atoms. The molecular weight excluding hydrogens is 472 g/mol. The molecule has 0 fully saturated rings. The molecule has 2 N–H and O–H groups in total. The average Bonchev–Trinajstić information content (AvgIpc) is 3.57. The minimum absolute atomic E-state index is 0.0365. The van der Waals surface area contributed by atoms with Crippen molar-refractivity contribution in [3.63, 3.8) is 0 Å². The minimum Gasteiger partial charge on any atom is -0.468 e. The molecule has 3 heterocycles. The van der Waals surface area contributed by atoms with Crippen LogP contribution in [0.25, 0.3) is 5.70 Å². The minimum atomic E-state index is -0.792. The van der Waals surface area contributed by atoms with Crippen LogP contribution in [0.4, 0.5) is 5.13 Å². The van der Waals surface area contributed by atoms with Crippen LogP contribution in [0.5, 0.6) is 0 Å². The van der Waals surface area contributed by atoms with E-state index in [0.717, 1.165) is 5.56 Å². The lowest BCUT2D eigenvalue weighted by molar-refractivity contribution is -0.138. The number of hydrogen-bond donors (Lipinski definition) is 2. The number of benzene rings is 1. The topological polar surface area (TPSA) is 117 Å². The number of carbonyl (C=O) groups excluding carboxylic acids is 2. The number of anilines is 1. The van der Waals surface area contributed by atoms with Crippen molar-refractivity contribution < 1.29 is 18.7 Å². The highest BCUT2D eigenvalue weighted by molar-refractivity contribution is 8.03. The second-order valence-corrected chi connectivity index (χ2v) is 8.86. The Morgan fingerprint density at radius 1 is 1.29 bits per heavy atom. The highest BCUT2D eigenvalue weighted by Crippen LogP contribution is 2.43. The van der Waals surface area contributed by atoms with Crippen LogP contribution in [0, 0.1) is 11.3 Å². The third-order valence-electron chi connectivity index (χ3n) is 4.86. The molecule has 0 saturated heterocycles. The molecule has 1 aliphatic heterocycles. The van der Waals surface area contributed by atoms with Crippen molar-refractivity contribution >= 4 is 45.8 Å². The number of dihydropyridines is 1. The largest absolute Gasteiger partial charge is 0.468 e. The Balaban J connectivity index is 1.74. The molecule has 1 aromatic carbocycles. The van der Waals surface area contributed by atoms with Crippen molar-refractivity contribution in [2.45, 2.75) is 12.8 Å². The van der Waals surface area contributed by atoms with Crippen LogP contribution in [0.1, 0.15) is 24.2 Å². The number of amides is 1. The van der Waals surface area contributed by atoms with Crippen molar-refractivity contribution in [3.05, 3.63) is 87.8 Å². The first-order valence-electron chi connectivity index (χ1n) is 10.4. The smallest absolute Gasteiger partial charge is 0.337 e. The molecule has 2 aromatic heterocycles. The number of nitriles is 1. The number of esters is 1. The van der Waals surface area contributed by atoms with E-state index in [-0.39, 0.29) is 29.4 Å². The maximum Gasteiger partial charge on any atom is 0.337 e. The Labute approximate surface area is 204 Å². The van der Waals surface area contributed by atoms with E-state index in [1.807, 2.05) is 30.3 Å². The van der Waals surface area contributed by atoms with E-state index in [9.17, 15) is 14.9 Å². The van der Waals surface area contributed by atoms with Crippen molar-refractivity contribution in [1.29, 1.82) is 5.26 Å². The van der Waals surface area contributed by atoms with Gasteiger partial charge in [-0.2, -0.15) is 5.26 Å². The van der Waals surface area contributed by atoms with E-state index in [0.29, 0.717) is 21.6 Å². The number of nitrogens with zero attached hydrogens (tertiary/aromatic N) is 2. The summed E-state index contributed by atoms with van der Waals surface area (Å²) in [6.07, 6.45) is 3.10. The number of furan rings is 1. The van der Waals surface area contributed by atoms with E-state index < -0.39 is 11.9 Å². The SMILES string of the molecule is CCOC(=O)C1=C(c2ccccc2)NC(SCC(=O)Nc2nccs2)=C(C#N)[C@@H]1c1ccco1. The summed E-state index contributed by atoms with van der Waals surface area (Å²) in [4.78, 5) is 29.6. The van der Waals surface area contributed by atoms with Crippen LogP contribution >= 0.6 is 23.1 Å².